The zero-order valence-electron chi connectivity index (χ0n) is 9.66. The molecule has 0 amide bonds. The molecule has 1 aliphatic rings. The minimum Gasteiger partial charge on any atom is -0.489 e. The molecule has 1 saturated heterocycles. The molecule has 1 aliphatic heterocycles. The van der Waals surface area contributed by atoms with Crippen LogP contribution in [0.25, 0.3) is 0 Å². The highest BCUT2D eigenvalue weighted by Gasteiger charge is 2.21. The first-order valence-corrected chi connectivity index (χ1v) is 5.85. The van der Waals surface area contributed by atoms with Crippen molar-refractivity contribution < 1.29 is 4.74 Å². The summed E-state index contributed by atoms with van der Waals surface area (Å²) in [5, 5.41) is 0.668. The Kier molecular flexibility index (Phi) is 3.26. The number of hydrogen-bond donors (Lipinski definition) is 1. The molecule has 0 radical (unpaired) electrons. The maximum Gasteiger partial charge on any atom is 0.126 e. The van der Waals surface area contributed by atoms with Gasteiger partial charge in [0.25, 0.3) is 0 Å². The Balaban J connectivity index is 2.15. The molecule has 4 heteroatoms. The standard InChI is InChI=1S/C12H17ClN2O/c1-8-11(13)5-9(14)6-12(8)16-10-3-4-15(2)7-10/h5-6,10H,3-4,7,14H2,1-2H3. The fraction of sp³-hybridized carbons (Fsp3) is 0.500. The van der Waals surface area contributed by atoms with Gasteiger partial charge in [0.2, 0.25) is 0 Å². The van der Waals surface area contributed by atoms with Gasteiger partial charge in [0.15, 0.2) is 0 Å². The second-order valence-electron chi connectivity index (χ2n) is 4.42. The lowest BCUT2D eigenvalue weighted by Crippen LogP contribution is -2.21. The van der Waals surface area contributed by atoms with E-state index in [1.54, 1.807) is 6.07 Å². The van der Waals surface area contributed by atoms with Crippen LogP contribution in [-0.2, 0) is 0 Å². The van der Waals surface area contributed by atoms with Crippen LogP contribution in [0, 0.1) is 6.92 Å². The van der Waals surface area contributed by atoms with Crippen molar-refractivity contribution >= 4 is 17.3 Å². The number of ether oxygens (including phenoxy) is 1. The first kappa shape index (κ1) is 11.6. The van der Waals surface area contributed by atoms with Crippen LogP contribution in [0.3, 0.4) is 0 Å². The van der Waals surface area contributed by atoms with Crippen molar-refractivity contribution in [1.29, 1.82) is 0 Å². The zero-order valence-corrected chi connectivity index (χ0v) is 10.4. The maximum atomic E-state index is 6.06. The summed E-state index contributed by atoms with van der Waals surface area (Å²) in [5.41, 5.74) is 7.37. The molecule has 1 heterocycles. The van der Waals surface area contributed by atoms with Crippen molar-refractivity contribution in [2.45, 2.75) is 19.4 Å². The predicted octanol–water partition coefficient (Wildman–Crippen LogP) is 2.31. The van der Waals surface area contributed by atoms with Gasteiger partial charge in [0, 0.05) is 35.4 Å². The van der Waals surface area contributed by atoms with Gasteiger partial charge in [0.1, 0.15) is 11.9 Å². The van der Waals surface area contributed by atoms with Crippen LogP contribution in [0.4, 0.5) is 5.69 Å². The smallest absolute Gasteiger partial charge is 0.126 e. The number of likely N-dealkylation sites (tertiary alicyclic amines) is 1. The lowest BCUT2D eigenvalue weighted by atomic mass is 10.2. The van der Waals surface area contributed by atoms with Crippen molar-refractivity contribution in [3.63, 3.8) is 0 Å². The van der Waals surface area contributed by atoms with Crippen LogP contribution in [0.15, 0.2) is 12.1 Å². The zero-order chi connectivity index (χ0) is 11.7. The molecule has 1 aromatic rings. The Hall–Kier alpha value is -0.930. The van der Waals surface area contributed by atoms with Crippen LogP contribution in [0.1, 0.15) is 12.0 Å². The molecule has 16 heavy (non-hydrogen) atoms. The number of hydrogen-bond acceptors (Lipinski definition) is 3. The van der Waals surface area contributed by atoms with Crippen molar-refractivity contribution in [2.75, 3.05) is 25.9 Å². The van der Waals surface area contributed by atoms with Crippen molar-refractivity contribution in [3.8, 4) is 5.75 Å². The van der Waals surface area contributed by atoms with E-state index >= 15 is 0 Å². The van der Waals surface area contributed by atoms with Crippen molar-refractivity contribution in [1.82, 2.24) is 4.90 Å². The third-order valence-electron chi connectivity index (χ3n) is 2.96. The topological polar surface area (TPSA) is 38.5 Å². The van der Waals surface area contributed by atoms with E-state index in [1.165, 1.54) is 0 Å². The van der Waals surface area contributed by atoms with E-state index in [2.05, 4.69) is 11.9 Å². The Morgan fingerprint density at radius 3 is 2.88 bits per heavy atom. The van der Waals surface area contributed by atoms with Crippen LogP contribution >= 0.6 is 11.6 Å². The molecular formula is C12H17ClN2O. The number of nitrogens with zero attached hydrogens (tertiary/aromatic N) is 1. The Morgan fingerprint density at radius 2 is 2.25 bits per heavy atom. The van der Waals surface area contributed by atoms with E-state index < -0.39 is 0 Å². The molecule has 1 fully saturated rings. The number of nitrogens with two attached hydrogens (primary N) is 1. The summed E-state index contributed by atoms with van der Waals surface area (Å²) < 4.78 is 5.93. The van der Waals surface area contributed by atoms with Crippen molar-refractivity contribution in [2.24, 2.45) is 0 Å². The molecule has 1 atom stereocenters. The maximum absolute atomic E-state index is 6.06. The van der Waals surface area contributed by atoms with Crippen LogP contribution in [0.2, 0.25) is 5.02 Å². The predicted molar refractivity (Wildman–Crippen MR) is 67.1 cm³/mol. The monoisotopic (exact) mass is 240 g/mol. The number of nitrogen functional groups attached to an aromatic ring is 1. The number of likely N-dealkylation sites (N-methyl/N-ethyl adjacent to an activating group) is 1. The van der Waals surface area contributed by atoms with Gasteiger partial charge < -0.3 is 15.4 Å². The summed E-state index contributed by atoms with van der Waals surface area (Å²) in [5.74, 6) is 0.810. The van der Waals surface area contributed by atoms with Gasteiger partial charge in [-0.3, -0.25) is 0 Å². The summed E-state index contributed by atoms with van der Waals surface area (Å²) in [6, 6.07) is 3.60. The second-order valence-corrected chi connectivity index (χ2v) is 4.82. The minimum absolute atomic E-state index is 0.251. The van der Waals surface area contributed by atoms with Gasteiger partial charge >= 0.3 is 0 Å². The number of halogens is 1. The molecule has 0 aromatic heterocycles. The largest absolute Gasteiger partial charge is 0.489 e. The van der Waals surface area contributed by atoms with E-state index in [4.69, 9.17) is 22.1 Å². The van der Waals surface area contributed by atoms with E-state index in [1.807, 2.05) is 13.0 Å². The summed E-state index contributed by atoms with van der Waals surface area (Å²) >= 11 is 6.06. The summed E-state index contributed by atoms with van der Waals surface area (Å²) in [6.07, 6.45) is 1.31. The highest BCUT2D eigenvalue weighted by molar-refractivity contribution is 6.31. The number of anilines is 1. The molecule has 0 bridgehead atoms. The highest BCUT2D eigenvalue weighted by Crippen LogP contribution is 2.30. The quantitative estimate of drug-likeness (QED) is 0.807. The normalized spacial score (nSPS) is 21.3. The lowest BCUT2D eigenvalue weighted by molar-refractivity contribution is 0.207. The third kappa shape index (κ3) is 2.42. The fourth-order valence-corrected chi connectivity index (χ4v) is 2.19. The average molecular weight is 241 g/mol. The Bertz CT molecular complexity index is 395. The molecule has 0 aliphatic carbocycles. The first-order valence-electron chi connectivity index (χ1n) is 5.47. The summed E-state index contributed by atoms with van der Waals surface area (Å²) in [7, 11) is 2.10. The van der Waals surface area contributed by atoms with Crippen molar-refractivity contribution in [3.05, 3.63) is 22.7 Å². The minimum atomic E-state index is 0.251. The second kappa shape index (κ2) is 4.52. The molecule has 88 valence electrons. The molecular weight excluding hydrogens is 224 g/mol. The van der Waals surface area contributed by atoms with Gasteiger partial charge in [-0.15, -0.1) is 0 Å². The average Bonchev–Trinajstić information content (AvgIpc) is 2.60. The number of benzene rings is 1. The SMILES string of the molecule is Cc1c(Cl)cc(N)cc1OC1CCN(C)C1. The molecule has 2 rings (SSSR count). The first-order chi connectivity index (χ1) is 7.56. The molecule has 0 spiro atoms. The van der Waals surface area contributed by atoms with Gasteiger partial charge in [-0.1, -0.05) is 11.6 Å². The van der Waals surface area contributed by atoms with Gasteiger partial charge in [-0.05, 0) is 26.5 Å². The van der Waals surface area contributed by atoms with E-state index in [-0.39, 0.29) is 6.10 Å². The number of rotatable bonds is 2. The van der Waals surface area contributed by atoms with Gasteiger partial charge in [-0.25, -0.2) is 0 Å². The molecule has 3 nitrogen and oxygen atoms in total. The third-order valence-corrected chi connectivity index (χ3v) is 3.35. The highest BCUT2D eigenvalue weighted by atomic mass is 35.5. The van der Waals surface area contributed by atoms with E-state index in [0.29, 0.717) is 10.7 Å². The molecule has 0 saturated carbocycles. The summed E-state index contributed by atoms with van der Waals surface area (Å²) in [4.78, 5) is 2.26. The van der Waals surface area contributed by atoms with Crippen LogP contribution < -0.4 is 10.5 Å². The fourth-order valence-electron chi connectivity index (χ4n) is 1.97. The Morgan fingerprint density at radius 1 is 1.50 bits per heavy atom. The van der Waals surface area contributed by atoms with E-state index in [9.17, 15) is 0 Å². The Labute approximate surface area is 101 Å². The van der Waals surface area contributed by atoms with Crippen LogP contribution in [-0.4, -0.2) is 31.1 Å². The molecule has 1 aromatic carbocycles. The van der Waals surface area contributed by atoms with Gasteiger partial charge in [0.05, 0.1) is 0 Å². The summed E-state index contributed by atoms with van der Waals surface area (Å²) in [6.45, 7) is 4.00. The van der Waals surface area contributed by atoms with E-state index in [0.717, 1.165) is 30.8 Å². The molecule has 1 unspecified atom stereocenters. The molecule has 2 N–H and O–H groups in total. The lowest BCUT2D eigenvalue weighted by Gasteiger charge is -2.16. The van der Waals surface area contributed by atoms with Gasteiger partial charge in [-0.2, -0.15) is 0 Å². The van der Waals surface area contributed by atoms with Crippen LogP contribution in [0.5, 0.6) is 5.75 Å².